The maximum absolute atomic E-state index is 5.60. The number of rotatable bonds is 0. The molecule has 0 radical (unpaired) electrons. The number of aromatic nitrogens is 1. The van der Waals surface area contributed by atoms with Crippen LogP contribution in [-0.4, -0.2) is 0 Å². The molecule has 1 heterocycles. The molecular weight excluding hydrogens is 144 g/mol. The molecule has 0 aliphatic rings. The highest BCUT2D eigenvalue weighted by Crippen LogP contribution is 2.13. The lowest BCUT2D eigenvalue weighted by Gasteiger charge is -1.80. The Morgan fingerprint density at radius 3 is 2.90 bits per heavy atom. The molecule has 0 spiro atoms. The Morgan fingerprint density at radius 1 is 1.30 bits per heavy atom. The number of hydrogen-bond donors (Lipinski definition) is 1. The standard InChI is InChI=1S/C7H7N2S/c8-9-5-10-7-4-2-1-3-6(7)9/h1-5H,8H2/q+1. The normalized spacial score (nSPS) is 10.4. The van der Waals surface area contributed by atoms with Gasteiger partial charge in [0.15, 0.2) is 0 Å². The third-order valence-corrected chi connectivity index (χ3v) is 2.37. The minimum Gasteiger partial charge on any atom is -0.204 e. The van der Waals surface area contributed by atoms with E-state index in [1.807, 2.05) is 23.7 Å². The van der Waals surface area contributed by atoms with Crippen molar-refractivity contribution >= 4 is 21.6 Å². The summed E-state index contributed by atoms with van der Waals surface area (Å²) in [5, 5.41) is 0. The van der Waals surface area contributed by atoms with Gasteiger partial charge in [-0.25, -0.2) is 5.84 Å². The van der Waals surface area contributed by atoms with Gasteiger partial charge in [-0.05, 0) is 6.07 Å². The summed E-state index contributed by atoms with van der Waals surface area (Å²) < 4.78 is 2.87. The summed E-state index contributed by atoms with van der Waals surface area (Å²) in [6, 6.07) is 8.06. The molecule has 0 aliphatic heterocycles. The van der Waals surface area contributed by atoms with Gasteiger partial charge in [-0.2, -0.15) is 0 Å². The summed E-state index contributed by atoms with van der Waals surface area (Å²) in [6.07, 6.45) is 0. The second kappa shape index (κ2) is 1.95. The second-order valence-electron chi connectivity index (χ2n) is 2.10. The molecule has 50 valence electrons. The van der Waals surface area contributed by atoms with E-state index in [2.05, 4.69) is 6.07 Å². The molecule has 10 heavy (non-hydrogen) atoms. The second-order valence-corrected chi connectivity index (χ2v) is 2.98. The minimum absolute atomic E-state index is 1.09. The van der Waals surface area contributed by atoms with Crippen LogP contribution in [0, 0.1) is 0 Å². The number of thiazole rings is 1. The molecule has 1 aromatic carbocycles. The average Bonchev–Trinajstić information content (AvgIpc) is 2.34. The van der Waals surface area contributed by atoms with E-state index in [9.17, 15) is 0 Å². The number of para-hydroxylation sites is 1. The molecule has 3 heteroatoms. The average molecular weight is 151 g/mol. The molecule has 2 rings (SSSR count). The molecule has 0 atom stereocenters. The summed E-state index contributed by atoms with van der Waals surface area (Å²) in [7, 11) is 0. The van der Waals surface area contributed by atoms with Crippen molar-refractivity contribution in [2.45, 2.75) is 0 Å². The van der Waals surface area contributed by atoms with Gasteiger partial charge >= 0.3 is 0 Å². The molecule has 2 aromatic rings. The lowest BCUT2D eigenvalue weighted by Crippen LogP contribution is -2.42. The topological polar surface area (TPSA) is 29.9 Å². The highest BCUT2D eigenvalue weighted by atomic mass is 32.1. The summed E-state index contributed by atoms with van der Waals surface area (Å²) in [5.74, 6) is 5.60. The number of hydrogen-bond acceptors (Lipinski definition) is 2. The highest BCUT2D eigenvalue weighted by molar-refractivity contribution is 7.16. The van der Waals surface area contributed by atoms with Crippen LogP contribution in [0.5, 0.6) is 0 Å². The number of nitrogens with two attached hydrogens (primary N) is 1. The van der Waals surface area contributed by atoms with Crippen molar-refractivity contribution in [2.75, 3.05) is 5.84 Å². The van der Waals surface area contributed by atoms with Gasteiger partial charge in [0.25, 0.3) is 11.0 Å². The zero-order chi connectivity index (χ0) is 6.97. The van der Waals surface area contributed by atoms with Crippen LogP contribution in [0.25, 0.3) is 10.2 Å². The van der Waals surface area contributed by atoms with Gasteiger partial charge < -0.3 is 0 Å². The van der Waals surface area contributed by atoms with Gasteiger partial charge in [-0.3, -0.25) is 0 Å². The number of nitrogen functional groups attached to an aromatic ring is 1. The SMILES string of the molecule is N[n+]1csc2ccccc21. The van der Waals surface area contributed by atoms with E-state index in [0.717, 1.165) is 5.52 Å². The first kappa shape index (κ1) is 5.68. The third kappa shape index (κ3) is 0.675. The van der Waals surface area contributed by atoms with Crippen molar-refractivity contribution in [3.05, 3.63) is 29.8 Å². The molecular formula is C7H7N2S+. The van der Waals surface area contributed by atoms with E-state index in [1.54, 1.807) is 16.0 Å². The van der Waals surface area contributed by atoms with Gasteiger partial charge in [-0.1, -0.05) is 28.1 Å². The summed E-state index contributed by atoms with van der Waals surface area (Å²) in [6.45, 7) is 0. The Labute approximate surface area is 62.5 Å². The highest BCUT2D eigenvalue weighted by Gasteiger charge is 2.05. The Morgan fingerprint density at radius 2 is 2.10 bits per heavy atom. The number of benzene rings is 1. The Bertz CT molecular complexity index is 353. The molecule has 2 N–H and O–H groups in total. The fourth-order valence-electron chi connectivity index (χ4n) is 0.940. The maximum atomic E-state index is 5.60. The Balaban J connectivity index is 2.93. The predicted octanol–water partition coefficient (Wildman–Crippen LogP) is 0.903. The number of fused-ring (bicyclic) bond motifs is 1. The monoisotopic (exact) mass is 151 g/mol. The van der Waals surface area contributed by atoms with Crippen molar-refractivity contribution in [3.63, 3.8) is 0 Å². The van der Waals surface area contributed by atoms with Crippen LogP contribution in [0.1, 0.15) is 0 Å². The van der Waals surface area contributed by atoms with E-state index in [1.165, 1.54) is 4.70 Å². The van der Waals surface area contributed by atoms with Crippen LogP contribution in [0.2, 0.25) is 0 Å². The first-order valence-corrected chi connectivity index (χ1v) is 3.89. The summed E-state index contributed by atoms with van der Waals surface area (Å²) in [5.41, 5.74) is 2.98. The van der Waals surface area contributed by atoms with Gasteiger partial charge in [-0.15, -0.1) is 0 Å². The maximum Gasteiger partial charge on any atom is 0.255 e. The van der Waals surface area contributed by atoms with Crippen LogP contribution in [0.15, 0.2) is 29.8 Å². The van der Waals surface area contributed by atoms with Crippen LogP contribution >= 0.6 is 11.3 Å². The van der Waals surface area contributed by atoms with Crippen LogP contribution in [-0.2, 0) is 0 Å². The lowest BCUT2D eigenvalue weighted by molar-refractivity contribution is -0.606. The van der Waals surface area contributed by atoms with Gasteiger partial charge in [0.05, 0.1) is 0 Å². The predicted molar refractivity (Wildman–Crippen MR) is 42.2 cm³/mol. The minimum atomic E-state index is 1.09. The van der Waals surface area contributed by atoms with Crippen molar-refractivity contribution < 1.29 is 4.68 Å². The zero-order valence-electron chi connectivity index (χ0n) is 5.32. The van der Waals surface area contributed by atoms with E-state index < -0.39 is 0 Å². The molecule has 1 aromatic heterocycles. The smallest absolute Gasteiger partial charge is 0.204 e. The summed E-state index contributed by atoms with van der Waals surface area (Å²) in [4.78, 5) is 0. The van der Waals surface area contributed by atoms with E-state index in [4.69, 9.17) is 5.84 Å². The lowest BCUT2D eigenvalue weighted by atomic mass is 10.3. The van der Waals surface area contributed by atoms with Crippen molar-refractivity contribution in [1.29, 1.82) is 0 Å². The van der Waals surface area contributed by atoms with E-state index in [0.29, 0.717) is 0 Å². The summed E-state index contributed by atoms with van der Waals surface area (Å²) >= 11 is 1.65. The molecule has 0 aliphatic carbocycles. The molecule has 0 saturated heterocycles. The largest absolute Gasteiger partial charge is 0.255 e. The van der Waals surface area contributed by atoms with Gasteiger partial charge in [0.2, 0.25) is 0 Å². The first-order valence-electron chi connectivity index (χ1n) is 3.01. The number of nitrogens with zero attached hydrogens (tertiary/aromatic N) is 1. The molecule has 2 nitrogen and oxygen atoms in total. The van der Waals surface area contributed by atoms with Crippen molar-refractivity contribution in [3.8, 4) is 0 Å². The van der Waals surface area contributed by atoms with Crippen molar-refractivity contribution in [1.82, 2.24) is 0 Å². The van der Waals surface area contributed by atoms with Gasteiger partial charge in [0, 0.05) is 6.07 Å². The fraction of sp³-hybridized carbons (Fsp3) is 0. The molecule has 0 saturated carbocycles. The van der Waals surface area contributed by atoms with Crippen LogP contribution < -0.4 is 10.5 Å². The van der Waals surface area contributed by atoms with E-state index in [-0.39, 0.29) is 0 Å². The Hall–Kier alpha value is -1.09. The third-order valence-electron chi connectivity index (χ3n) is 1.44. The Kier molecular flexibility index (Phi) is 1.11. The molecule has 0 fully saturated rings. The fourth-order valence-corrected chi connectivity index (χ4v) is 1.73. The van der Waals surface area contributed by atoms with Crippen LogP contribution in [0.3, 0.4) is 0 Å². The van der Waals surface area contributed by atoms with E-state index >= 15 is 0 Å². The first-order chi connectivity index (χ1) is 4.88. The quantitative estimate of drug-likeness (QED) is 0.440. The van der Waals surface area contributed by atoms with Crippen LogP contribution in [0.4, 0.5) is 0 Å². The molecule has 0 unspecified atom stereocenters. The van der Waals surface area contributed by atoms with Crippen molar-refractivity contribution in [2.24, 2.45) is 0 Å². The molecule has 0 amide bonds. The van der Waals surface area contributed by atoms with Gasteiger partial charge in [0.1, 0.15) is 4.70 Å². The zero-order valence-corrected chi connectivity index (χ0v) is 6.14. The molecule has 0 bridgehead atoms.